The molecule has 2 N–H and O–H groups in total. The van der Waals surface area contributed by atoms with E-state index in [2.05, 4.69) is 4.98 Å². The van der Waals surface area contributed by atoms with Gasteiger partial charge in [0.15, 0.2) is 5.78 Å². The van der Waals surface area contributed by atoms with Gasteiger partial charge in [0, 0.05) is 21.7 Å². The zero-order valence-electron chi connectivity index (χ0n) is 19.6. The quantitative estimate of drug-likeness (QED) is 0.629. The Bertz CT molecular complexity index is 1170. The number of nitrogen functional groups attached to an aromatic ring is 1. The molecule has 2 aromatic rings. The number of carbonyl (C=O) groups is 2. The van der Waals surface area contributed by atoms with E-state index in [4.69, 9.17) is 18.1 Å². The smallest absolute Gasteiger partial charge is 0.264 e. The zero-order valence-corrected chi connectivity index (χ0v) is 10.6. The maximum Gasteiger partial charge on any atom is 0.264 e. The van der Waals surface area contributed by atoms with Crippen LogP contribution in [-0.2, 0) is 9.59 Å². The van der Waals surface area contributed by atoms with Gasteiger partial charge in [0.1, 0.15) is 11.6 Å². The third-order valence-electron chi connectivity index (χ3n) is 2.99. The van der Waals surface area contributed by atoms with Crippen molar-refractivity contribution in [2.24, 2.45) is 0 Å². The molecule has 1 fully saturated rings. The SMILES string of the molecule is [2H]c1cc(N)c2c(=O)n(C3([2H])C(=O)CC(=O)C([2H])([2H])C3([2H])[2H])c(C([2H])([2H])[2H])nc2c1. The van der Waals surface area contributed by atoms with Gasteiger partial charge >= 0.3 is 0 Å². The third-order valence-corrected chi connectivity index (χ3v) is 2.99. The maximum atomic E-state index is 13.2. The largest absolute Gasteiger partial charge is 0.398 e. The van der Waals surface area contributed by atoms with Crippen LogP contribution in [0.4, 0.5) is 5.69 Å². The predicted molar refractivity (Wildman–Crippen MR) is 78.1 cm³/mol. The molecule has 1 atom stereocenters. The molecule has 0 amide bonds. The molecule has 1 saturated carbocycles. The van der Waals surface area contributed by atoms with Gasteiger partial charge < -0.3 is 5.73 Å². The molecule has 1 aliphatic rings. The van der Waals surface area contributed by atoms with Gasteiger partial charge in [-0.05, 0) is 25.4 Å². The van der Waals surface area contributed by atoms with Gasteiger partial charge in [0.2, 0.25) is 0 Å². The minimum Gasteiger partial charge on any atom is -0.398 e. The van der Waals surface area contributed by atoms with Gasteiger partial charge in [-0.1, -0.05) is 6.04 Å². The summed E-state index contributed by atoms with van der Waals surface area (Å²) in [7, 11) is 0. The maximum absolute atomic E-state index is 13.2. The number of benzene rings is 1. The average molecular weight is 294 g/mol. The van der Waals surface area contributed by atoms with E-state index in [1.807, 2.05) is 0 Å². The highest BCUT2D eigenvalue weighted by molar-refractivity contribution is 6.03. The molecule has 1 aliphatic carbocycles. The van der Waals surface area contributed by atoms with Gasteiger partial charge in [0.05, 0.1) is 26.1 Å². The molecule has 1 aromatic carbocycles. The van der Waals surface area contributed by atoms with Crippen molar-refractivity contribution in [2.45, 2.75) is 32.0 Å². The molecule has 108 valence electrons. The van der Waals surface area contributed by atoms with E-state index < -0.39 is 60.4 Å². The molecule has 0 bridgehead atoms. The average Bonchev–Trinajstić information content (AvgIpc) is 2.57. The standard InChI is InChI=1S/C15H15N3O3/c1-8-17-11-4-2-3-10(16)14(11)15(21)18(8)12-6-5-9(19)7-13(12)20/h2-4,12H,5-7,16H2,1H3/i1D3,2D,5D2,6D2,12D. The summed E-state index contributed by atoms with van der Waals surface area (Å²) in [5, 5.41) is -0.466. The van der Waals surface area contributed by atoms with Crippen molar-refractivity contribution >= 4 is 28.2 Å². The van der Waals surface area contributed by atoms with Crippen molar-refractivity contribution in [3.63, 3.8) is 0 Å². The summed E-state index contributed by atoms with van der Waals surface area (Å²) < 4.78 is 71.1. The van der Waals surface area contributed by atoms with Gasteiger partial charge in [-0.25, -0.2) is 4.98 Å². The first-order valence-corrected chi connectivity index (χ1v) is 5.88. The molecule has 3 rings (SSSR count). The Balaban J connectivity index is 2.57. The van der Waals surface area contributed by atoms with Crippen LogP contribution in [0.2, 0.25) is 0 Å². The van der Waals surface area contributed by atoms with Crippen molar-refractivity contribution in [1.82, 2.24) is 9.55 Å². The molecule has 0 spiro atoms. The second-order valence-electron chi connectivity index (χ2n) is 4.37. The Kier molecular flexibility index (Phi) is 1.49. The Morgan fingerprint density at radius 3 is 3.10 bits per heavy atom. The van der Waals surface area contributed by atoms with Crippen LogP contribution in [-0.4, -0.2) is 21.1 Å². The summed E-state index contributed by atoms with van der Waals surface area (Å²) in [6.07, 6.45) is -8.22. The number of carbonyl (C=O) groups excluding carboxylic acids is 2. The van der Waals surface area contributed by atoms with Crippen LogP contribution in [0.3, 0.4) is 0 Å². The summed E-state index contributed by atoms with van der Waals surface area (Å²) >= 11 is 0. The van der Waals surface area contributed by atoms with Crippen LogP contribution in [0.5, 0.6) is 0 Å². The minimum absolute atomic E-state index is 0.0328. The lowest BCUT2D eigenvalue weighted by molar-refractivity contribution is -0.132. The summed E-state index contributed by atoms with van der Waals surface area (Å²) in [6, 6.07) is -1.59. The Labute approximate surface area is 133 Å². The van der Waals surface area contributed by atoms with Gasteiger partial charge in [-0.15, -0.1) is 0 Å². The van der Waals surface area contributed by atoms with Gasteiger partial charge in [-0.2, -0.15) is 0 Å². The van der Waals surface area contributed by atoms with Gasteiger partial charge in [-0.3, -0.25) is 19.0 Å². The molecule has 6 nitrogen and oxygen atoms in total. The number of anilines is 1. The number of ketones is 2. The fourth-order valence-electron chi connectivity index (χ4n) is 2.06. The van der Waals surface area contributed by atoms with Crippen LogP contribution in [0.1, 0.15) is 43.3 Å². The molecule has 21 heavy (non-hydrogen) atoms. The Morgan fingerprint density at radius 2 is 2.33 bits per heavy atom. The van der Waals surface area contributed by atoms with E-state index in [-0.39, 0.29) is 21.8 Å². The second kappa shape index (κ2) is 4.80. The minimum atomic E-state index is -3.63. The number of Topliss-reactive ketones (excluding diaryl/α,β-unsaturated/α-hetero) is 2. The number of aryl methyl sites for hydroxylation is 1. The van der Waals surface area contributed by atoms with E-state index in [1.54, 1.807) is 0 Å². The first-order chi connectivity index (χ1) is 13.5. The van der Waals surface area contributed by atoms with Crippen molar-refractivity contribution in [1.29, 1.82) is 0 Å². The van der Waals surface area contributed by atoms with Crippen molar-refractivity contribution in [2.75, 3.05) is 5.73 Å². The molecule has 6 heteroatoms. The van der Waals surface area contributed by atoms with Crippen molar-refractivity contribution < 1.29 is 21.9 Å². The first kappa shape index (κ1) is 6.51. The molecule has 0 radical (unpaired) electrons. The van der Waals surface area contributed by atoms with Crippen LogP contribution in [0.25, 0.3) is 10.9 Å². The van der Waals surface area contributed by atoms with E-state index in [9.17, 15) is 14.4 Å². The highest BCUT2D eigenvalue weighted by Crippen LogP contribution is 2.24. The highest BCUT2D eigenvalue weighted by atomic mass is 16.2. The first-order valence-electron chi connectivity index (χ1n) is 10.4. The van der Waals surface area contributed by atoms with Crippen LogP contribution in [0.15, 0.2) is 23.0 Å². The van der Waals surface area contributed by atoms with Crippen LogP contribution < -0.4 is 11.3 Å². The van der Waals surface area contributed by atoms with Crippen molar-refractivity contribution in [3.05, 3.63) is 34.4 Å². The number of hydrogen-bond acceptors (Lipinski definition) is 5. The van der Waals surface area contributed by atoms with E-state index in [1.165, 1.54) is 0 Å². The summed E-state index contributed by atoms with van der Waals surface area (Å²) in [5.41, 5.74) is 3.73. The fourth-order valence-corrected chi connectivity index (χ4v) is 2.06. The Morgan fingerprint density at radius 1 is 1.52 bits per heavy atom. The number of aromatic nitrogens is 2. The number of nitrogens with two attached hydrogens (primary N) is 1. The monoisotopic (exact) mass is 294 g/mol. The Hall–Kier alpha value is -2.50. The number of hydrogen-bond donors (Lipinski definition) is 1. The second-order valence-corrected chi connectivity index (χ2v) is 4.37. The molecule has 0 saturated heterocycles. The third kappa shape index (κ3) is 2.12. The number of rotatable bonds is 1. The molecular weight excluding hydrogens is 270 g/mol. The normalized spacial score (nSPS) is 34.4. The molecule has 1 aromatic heterocycles. The topological polar surface area (TPSA) is 95.0 Å². The van der Waals surface area contributed by atoms with Crippen LogP contribution in [0, 0.1) is 6.85 Å². The summed E-state index contributed by atoms with van der Waals surface area (Å²) in [5.74, 6) is -4.10. The lowest BCUT2D eigenvalue weighted by Crippen LogP contribution is -2.36. The van der Waals surface area contributed by atoms with E-state index >= 15 is 0 Å². The molecule has 0 aliphatic heterocycles. The number of fused-ring (bicyclic) bond motifs is 1. The number of nitrogens with zero attached hydrogens (tertiary/aromatic N) is 2. The lowest BCUT2D eigenvalue weighted by Gasteiger charge is -2.24. The fraction of sp³-hybridized carbons (Fsp3) is 0.333. The van der Waals surface area contributed by atoms with Gasteiger partial charge in [0.25, 0.3) is 5.56 Å². The highest BCUT2D eigenvalue weighted by Gasteiger charge is 2.30. The van der Waals surface area contributed by atoms with Crippen LogP contribution >= 0.6 is 0 Å². The molecular formula is C15H15N3O3. The zero-order chi connectivity index (χ0) is 23.0. The lowest BCUT2D eigenvalue weighted by atomic mass is 9.92. The molecule has 1 unspecified atom stereocenters. The summed E-state index contributed by atoms with van der Waals surface area (Å²) in [4.78, 5) is 41.7. The van der Waals surface area contributed by atoms with Crippen molar-refractivity contribution in [3.8, 4) is 0 Å². The summed E-state index contributed by atoms with van der Waals surface area (Å²) in [6.45, 7) is -3.24. The van der Waals surface area contributed by atoms with E-state index in [0.717, 1.165) is 12.1 Å². The van der Waals surface area contributed by atoms with E-state index in [0.29, 0.717) is 0 Å². The predicted octanol–water partition coefficient (Wildman–Crippen LogP) is 1.15. The molecule has 1 heterocycles.